The molecule has 0 unspecified atom stereocenters. The summed E-state index contributed by atoms with van der Waals surface area (Å²) in [4.78, 5) is 3.97. The second-order valence-corrected chi connectivity index (χ2v) is 4.88. The predicted molar refractivity (Wildman–Crippen MR) is 81.6 cm³/mol. The number of aromatic nitrogens is 5. The summed E-state index contributed by atoms with van der Waals surface area (Å²) in [6.07, 6.45) is 4.92. The molecule has 21 heavy (non-hydrogen) atoms. The maximum Gasteiger partial charge on any atom is 0.138 e. The molecule has 7 heteroatoms. The molecule has 0 spiro atoms. The number of nitrogens with one attached hydrogen (secondary N) is 1. The van der Waals surface area contributed by atoms with E-state index in [1.54, 1.807) is 17.2 Å². The number of hydrogen-bond donors (Lipinski definition) is 1. The third-order valence-electron chi connectivity index (χ3n) is 3.20. The fourth-order valence-electron chi connectivity index (χ4n) is 2.20. The number of benzene rings is 1. The van der Waals surface area contributed by atoms with Gasteiger partial charge in [-0.25, -0.2) is 9.67 Å². The van der Waals surface area contributed by atoms with E-state index in [9.17, 15) is 0 Å². The van der Waals surface area contributed by atoms with Crippen molar-refractivity contribution in [1.29, 1.82) is 0 Å². The van der Waals surface area contributed by atoms with Crippen molar-refractivity contribution in [1.82, 2.24) is 24.5 Å². The highest BCUT2D eigenvalue weighted by atomic mass is 35.5. The third kappa shape index (κ3) is 2.75. The Bertz CT molecular complexity index is 719. The van der Waals surface area contributed by atoms with Crippen LogP contribution in [0.1, 0.15) is 12.6 Å². The second kappa shape index (κ2) is 5.97. The Labute approximate surface area is 127 Å². The first-order chi connectivity index (χ1) is 10.3. The lowest BCUT2D eigenvalue weighted by Gasteiger charge is -2.13. The second-order valence-electron chi connectivity index (χ2n) is 4.47. The van der Waals surface area contributed by atoms with Gasteiger partial charge in [-0.2, -0.15) is 10.2 Å². The highest BCUT2D eigenvalue weighted by Crippen LogP contribution is 2.28. The number of aryl methyl sites for hydroxylation is 1. The van der Waals surface area contributed by atoms with Gasteiger partial charge < -0.3 is 5.32 Å². The van der Waals surface area contributed by atoms with Crippen molar-refractivity contribution >= 4 is 17.3 Å². The molecule has 0 radical (unpaired) electrons. The summed E-state index contributed by atoms with van der Waals surface area (Å²) in [6, 6.07) is 7.70. The van der Waals surface area contributed by atoms with Gasteiger partial charge in [0.15, 0.2) is 0 Å². The maximum absolute atomic E-state index is 6.29. The molecule has 6 nitrogen and oxygen atoms in total. The molecule has 0 atom stereocenters. The molecule has 2 heterocycles. The summed E-state index contributed by atoms with van der Waals surface area (Å²) in [7, 11) is 0. The van der Waals surface area contributed by atoms with Crippen molar-refractivity contribution in [3.63, 3.8) is 0 Å². The number of anilines is 1. The maximum atomic E-state index is 6.29. The Morgan fingerprint density at radius 1 is 1.24 bits per heavy atom. The van der Waals surface area contributed by atoms with Crippen LogP contribution >= 0.6 is 11.6 Å². The fourth-order valence-corrected chi connectivity index (χ4v) is 2.46. The van der Waals surface area contributed by atoms with Gasteiger partial charge in [0, 0.05) is 12.7 Å². The van der Waals surface area contributed by atoms with Crippen LogP contribution in [0.2, 0.25) is 5.02 Å². The molecule has 0 amide bonds. The third-order valence-corrected chi connectivity index (χ3v) is 3.50. The normalized spacial score (nSPS) is 10.8. The van der Waals surface area contributed by atoms with Crippen molar-refractivity contribution in [2.75, 3.05) is 5.32 Å². The number of rotatable bonds is 5. The van der Waals surface area contributed by atoms with Crippen LogP contribution in [0.15, 0.2) is 43.1 Å². The molecule has 0 fully saturated rings. The predicted octanol–water partition coefficient (Wildman–Crippen LogP) is 2.75. The molecule has 1 aromatic carbocycles. The Morgan fingerprint density at radius 3 is 2.90 bits per heavy atom. The van der Waals surface area contributed by atoms with Gasteiger partial charge in [0.05, 0.1) is 22.9 Å². The highest BCUT2D eigenvalue weighted by molar-refractivity contribution is 6.33. The van der Waals surface area contributed by atoms with Crippen LogP contribution in [0.3, 0.4) is 0 Å². The van der Waals surface area contributed by atoms with E-state index in [4.69, 9.17) is 11.6 Å². The van der Waals surface area contributed by atoms with E-state index in [0.717, 1.165) is 23.6 Å². The van der Waals surface area contributed by atoms with Crippen molar-refractivity contribution in [2.45, 2.75) is 20.0 Å². The molecule has 2 aromatic heterocycles. The molecule has 0 aliphatic rings. The zero-order valence-electron chi connectivity index (χ0n) is 11.6. The van der Waals surface area contributed by atoms with Crippen LogP contribution in [0.25, 0.3) is 5.69 Å². The lowest BCUT2D eigenvalue weighted by atomic mass is 10.2. The van der Waals surface area contributed by atoms with Gasteiger partial charge in [0.1, 0.15) is 18.3 Å². The van der Waals surface area contributed by atoms with E-state index in [-0.39, 0.29) is 0 Å². The number of para-hydroxylation sites is 1. The molecular weight excluding hydrogens is 288 g/mol. The molecule has 0 saturated heterocycles. The average Bonchev–Trinajstić information content (AvgIpc) is 3.16. The minimum Gasteiger partial charge on any atom is -0.378 e. The van der Waals surface area contributed by atoms with Gasteiger partial charge in [-0.15, -0.1) is 0 Å². The summed E-state index contributed by atoms with van der Waals surface area (Å²) < 4.78 is 3.61. The van der Waals surface area contributed by atoms with E-state index < -0.39 is 0 Å². The van der Waals surface area contributed by atoms with Gasteiger partial charge in [-0.05, 0) is 25.1 Å². The van der Waals surface area contributed by atoms with Crippen molar-refractivity contribution in [2.24, 2.45) is 0 Å². The molecule has 3 aromatic rings. The van der Waals surface area contributed by atoms with Crippen LogP contribution in [0.4, 0.5) is 5.69 Å². The summed E-state index contributed by atoms with van der Waals surface area (Å²) in [5, 5.41) is 12.4. The summed E-state index contributed by atoms with van der Waals surface area (Å²) in [5.41, 5.74) is 2.80. The Kier molecular flexibility index (Phi) is 3.87. The molecule has 108 valence electrons. The monoisotopic (exact) mass is 302 g/mol. The smallest absolute Gasteiger partial charge is 0.138 e. The van der Waals surface area contributed by atoms with E-state index in [2.05, 4.69) is 27.4 Å². The molecule has 0 aliphatic carbocycles. The summed E-state index contributed by atoms with van der Waals surface area (Å²) >= 11 is 6.29. The lowest BCUT2D eigenvalue weighted by Crippen LogP contribution is -2.10. The highest BCUT2D eigenvalue weighted by Gasteiger charge is 2.10. The van der Waals surface area contributed by atoms with Gasteiger partial charge in [0.25, 0.3) is 0 Å². The summed E-state index contributed by atoms with van der Waals surface area (Å²) in [5.74, 6) is 0. The van der Waals surface area contributed by atoms with Crippen LogP contribution in [0.5, 0.6) is 0 Å². The lowest BCUT2D eigenvalue weighted by molar-refractivity contribution is 0.627. The molecule has 0 aliphatic heterocycles. The minimum atomic E-state index is 0.620. The average molecular weight is 303 g/mol. The first-order valence-electron chi connectivity index (χ1n) is 6.67. The number of hydrogen-bond acceptors (Lipinski definition) is 4. The van der Waals surface area contributed by atoms with E-state index in [1.807, 2.05) is 28.9 Å². The Morgan fingerprint density at radius 2 is 2.14 bits per heavy atom. The molecule has 1 N–H and O–H groups in total. The SMILES string of the molecule is CCn1nccc1CNc1cccc(Cl)c1-n1cncn1. The van der Waals surface area contributed by atoms with Gasteiger partial charge in [0.2, 0.25) is 0 Å². The van der Waals surface area contributed by atoms with Gasteiger partial charge in [-0.3, -0.25) is 4.68 Å². The molecular formula is C14H15ClN6. The molecule has 3 rings (SSSR count). The van der Waals surface area contributed by atoms with Gasteiger partial charge in [-0.1, -0.05) is 17.7 Å². The van der Waals surface area contributed by atoms with Crippen LogP contribution in [-0.2, 0) is 13.1 Å². The minimum absolute atomic E-state index is 0.620. The Hall–Kier alpha value is -2.34. The Balaban J connectivity index is 1.88. The largest absolute Gasteiger partial charge is 0.378 e. The standard InChI is InChI=1S/C14H15ClN6/c1-2-20-11(6-7-18-20)8-17-13-5-3-4-12(15)14(13)21-10-16-9-19-21/h3-7,9-10,17H,2,8H2,1H3. The topological polar surface area (TPSA) is 60.6 Å². The van der Waals surface area contributed by atoms with Crippen LogP contribution in [-0.4, -0.2) is 24.5 Å². The van der Waals surface area contributed by atoms with Crippen molar-refractivity contribution < 1.29 is 0 Å². The van der Waals surface area contributed by atoms with Crippen molar-refractivity contribution in [3.05, 3.63) is 53.8 Å². The van der Waals surface area contributed by atoms with Crippen molar-refractivity contribution in [3.8, 4) is 5.69 Å². The van der Waals surface area contributed by atoms with E-state index >= 15 is 0 Å². The zero-order chi connectivity index (χ0) is 14.7. The van der Waals surface area contributed by atoms with Gasteiger partial charge >= 0.3 is 0 Å². The van der Waals surface area contributed by atoms with Crippen LogP contribution in [0, 0.1) is 0 Å². The first-order valence-corrected chi connectivity index (χ1v) is 7.05. The van der Waals surface area contributed by atoms with E-state index in [1.165, 1.54) is 6.33 Å². The quantitative estimate of drug-likeness (QED) is 0.787. The molecule has 0 saturated carbocycles. The summed E-state index contributed by atoms with van der Waals surface area (Å²) in [6.45, 7) is 3.57. The zero-order valence-corrected chi connectivity index (χ0v) is 12.3. The number of halogens is 1. The fraction of sp³-hybridized carbons (Fsp3) is 0.214. The number of nitrogens with zero attached hydrogens (tertiary/aromatic N) is 5. The first kappa shape index (κ1) is 13.6. The van der Waals surface area contributed by atoms with Crippen LogP contribution < -0.4 is 5.32 Å². The van der Waals surface area contributed by atoms with E-state index in [0.29, 0.717) is 11.6 Å². The molecule has 0 bridgehead atoms.